The van der Waals surface area contributed by atoms with Gasteiger partial charge in [-0.25, -0.2) is 4.98 Å². The minimum absolute atomic E-state index is 0.00699. The number of nitrogens with zero attached hydrogens (tertiary/aromatic N) is 3. The Kier molecular flexibility index (Phi) is 5.76. The molecule has 0 aliphatic carbocycles. The SMILES string of the molecule is O=C(NCC1CC(=O)N(c2ccc(N3CCCCC3=O)cc2)C1)c1nc2cc(Cl)ccc2o1. The van der Waals surface area contributed by atoms with Gasteiger partial charge in [0.1, 0.15) is 5.52 Å². The van der Waals surface area contributed by atoms with Crippen molar-refractivity contribution < 1.29 is 18.8 Å². The molecule has 3 amide bonds. The van der Waals surface area contributed by atoms with Crippen LogP contribution in [-0.2, 0) is 9.59 Å². The van der Waals surface area contributed by atoms with E-state index in [-0.39, 0.29) is 23.6 Å². The molecule has 2 aliphatic heterocycles. The number of oxazole rings is 1. The van der Waals surface area contributed by atoms with Gasteiger partial charge in [-0.1, -0.05) is 11.6 Å². The van der Waals surface area contributed by atoms with Crippen LogP contribution >= 0.6 is 11.6 Å². The fraction of sp³-hybridized carbons (Fsp3) is 0.333. The van der Waals surface area contributed by atoms with Crippen molar-refractivity contribution in [1.82, 2.24) is 10.3 Å². The molecule has 2 aromatic carbocycles. The first-order valence-corrected chi connectivity index (χ1v) is 11.4. The summed E-state index contributed by atoms with van der Waals surface area (Å²) in [5, 5.41) is 3.33. The highest BCUT2D eigenvalue weighted by molar-refractivity contribution is 6.31. The Bertz CT molecular complexity index is 1220. The molecule has 5 rings (SSSR count). The van der Waals surface area contributed by atoms with Crippen LogP contribution in [0.5, 0.6) is 0 Å². The number of hydrogen-bond acceptors (Lipinski definition) is 5. The monoisotopic (exact) mass is 466 g/mol. The standard InChI is InChI=1S/C24H23ClN4O4/c25-16-4-9-20-19(12-16)27-24(33-20)23(32)26-13-15-11-22(31)29(14-15)18-7-5-17(6-8-18)28-10-2-1-3-21(28)30/h4-9,12,15H,1-3,10-11,13-14H2,(H,26,32). The predicted octanol–water partition coefficient (Wildman–Crippen LogP) is 3.78. The third kappa shape index (κ3) is 4.43. The summed E-state index contributed by atoms with van der Waals surface area (Å²) in [6, 6.07) is 12.5. The van der Waals surface area contributed by atoms with Gasteiger partial charge in [0.2, 0.25) is 11.8 Å². The van der Waals surface area contributed by atoms with Crippen LogP contribution in [0.1, 0.15) is 36.4 Å². The van der Waals surface area contributed by atoms with Crippen LogP contribution in [0, 0.1) is 5.92 Å². The Morgan fingerprint density at radius 2 is 1.82 bits per heavy atom. The van der Waals surface area contributed by atoms with E-state index in [1.807, 2.05) is 24.3 Å². The van der Waals surface area contributed by atoms with Gasteiger partial charge in [0.05, 0.1) is 0 Å². The van der Waals surface area contributed by atoms with Gasteiger partial charge < -0.3 is 19.5 Å². The maximum atomic E-state index is 12.6. The lowest BCUT2D eigenvalue weighted by atomic mass is 10.1. The normalized spacial score (nSPS) is 18.9. The molecular weight excluding hydrogens is 444 g/mol. The molecular formula is C24H23ClN4O4. The number of hydrogen-bond donors (Lipinski definition) is 1. The second kappa shape index (κ2) is 8.86. The van der Waals surface area contributed by atoms with Crippen molar-refractivity contribution in [3.05, 3.63) is 53.4 Å². The number of aromatic nitrogens is 1. The molecule has 1 unspecified atom stereocenters. The number of nitrogens with one attached hydrogen (secondary N) is 1. The minimum Gasteiger partial charge on any atom is -0.432 e. The van der Waals surface area contributed by atoms with Crippen LogP contribution in [0.25, 0.3) is 11.1 Å². The zero-order valence-electron chi connectivity index (χ0n) is 17.9. The van der Waals surface area contributed by atoms with E-state index in [4.69, 9.17) is 16.0 Å². The third-order valence-corrected chi connectivity index (χ3v) is 6.33. The van der Waals surface area contributed by atoms with Crippen molar-refractivity contribution >= 4 is 51.8 Å². The van der Waals surface area contributed by atoms with E-state index in [2.05, 4.69) is 10.3 Å². The highest BCUT2D eigenvalue weighted by Gasteiger charge is 2.31. The quantitative estimate of drug-likeness (QED) is 0.617. The van der Waals surface area contributed by atoms with E-state index < -0.39 is 5.91 Å². The van der Waals surface area contributed by atoms with Gasteiger partial charge >= 0.3 is 5.91 Å². The summed E-state index contributed by atoms with van der Waals surface area (Å²) in [6.07, 6.45) is 2.87. The van der Waals surface area contributed by atoms with Gasteiger partial charge in [0.15, 0.2) is 5.58 Å². The van der Waals surface area contributed by atoms with Crippen molar-refractivity contribution in [1.29, 1.82) is 0 Å². The molecule has 2 saturated heterocycles. The number of rotatable bonds is 5. The van der Waals surface area contributed by atoms with Gasteiger partial charge in [0.25, 0.3) is 5.89 Å². The van der Waals surface area contributed by atoms with Crippen molar-refractivity contribution in [2.75, 3.05) is 29.4 Å². The molecule has 2 fully saturated rings. The molecule has 0 spiro atoms. The van der Waals surface area contributed by atoms with Crippen LogP contribution in [0.4, 0.5) is 11.4 Å². The highest BCUT2D eigenvalue weighted by atomic mass is 35.5. The Hall–Kier alpha value is -3.39. The number of carbonyl (C=O) groups excluding carboxylic acids is 3. The van der Waals surface area contributed by atoms with Crippen LogP contribution in [0.3, 0.4) is 0 Å². The maximum absolute atomic E-state index is 12.6. The van der Waals surface area contributed by atoms with E-state index in [1.54, 1.807) is 28.0 Å². The molecule has 1 N–H and O–H groups in total. The smallest absolute Gasteiger partial charge is 0.307 e. The van der Waals surface area contributed by atoms with Gasteiger partial charge in [-0.15, -0.1) is 0 Å². The molecule has 0 bridgehead atoms. The van der Waals surface area contributed by atoms with Crippen LogP contribution in [-0.4, -0.2) is 42.3 Å². The fourth-order valence-electron chi connectivity index (χ4n) is 4.37. The molecule has 2 aliphatic rings. The van der Waals surface area contributed by atoms with Crippen molar-refractivity contribution in [3.63, 3.8) is 0 Å². The van der Waals surface area contributed by atoms with Crippen LogP contribution in [0.15, 0.2) is 46.9 Å². The number of fused-ring (bicyclic) bond motifs is 1. The van der Waals surface area contributed by atoms with Gasteiger partial charge in [-0.3, -0.25) is 14.4 Å². The minimum atomic E-state index is -0.427. The summed E-state index contributed by atoms with van der Waals surface area (Å²) in [6.45, 7) is 1.57. The summed E-state index contributed by atoms with van der Waals surface area (Å²) in [5.41, 5.74) is 2.66. The lowest BCUT2D eigenvalue weighted by Gasteiger charge is -2.27. The number of piperidine rings is 1. The van der Waals surface area contributed by atoms with Crippen molar-refractivity contribution in [3.8, 4) is 0 Å². The third-order valence-electron chi connectivity index (χ3n) is 6.10. The molecule has 1 aromatic heterocycles. The summed E-state index contributed by atoms with van der Waals surface area (Å²) < 4.78 is 5.49. The van der Waals surface area contributed by atoms with E-state index in [1.165, 1.54) is 0 Å². The first-order valence-electron chi connectivity index (χ1n) is 11.0. The molecule has 1 atom stereocenters. The largest absolute Gasteiger partial charge is 0.432 e. The number of carbonyl (C=O) groups is 3. The number of halogens is 1. The zero-order chi connectivity index (χ0) is 22.9. The summed E-state index contributed by atoms with van der Waals surface area (Å²) in [5.74, 6) is -0.333. The average molecular weight is 467 g/mol. The summed E-state index contributed by atoms with van der Waals surface area (Å²) >= 11 is 5.95. The molecule has 3 aromatic rings. The maximum Gasteiger partial charge on any atom is 0.307 e. The number of anilines is 2. The second-order valence-electron chi connectivity index (χ2n) is 8.43. The first-order chi connectivity index (χ1) is 16.0. The molecule has 0 saturated carbocycles. The Labute approximate surface area is 195 Å². The lowest BCUT2D eigenvalue weighted by molar-refractivity contribution is -0.119. The number of amides is 3. The van der Waals surface area contributed by atoms with Crippen LogP contribution < -0.4 is 15.1 Å². The molecule has 8 nitrogen and oxygen atoms in total. The Morgan fingerprint density at radius 3 is 2.58 bits per heavy atom. The topological polar surface area (TPSA) is 95.8 Å². The number of benzene rings is 2. The molecule has 33 heavy (non-hydrogen) atoms. The van der Waals surface area contributed by atoms with E-state index >= 15 is 0 Å². The predicted molar refractivity (Wildman–Crippen MR) is 124 cm³/mol. The molecule has 0 radical (unpaired) electrons. The molecule has 3 heterocycles. The zero-order valence-corrected chi connectivity index (χ0v) is 18.7. The molecule has 9 heteroatoms. The second-order valence-corrected chi connectivity index (χ2v) is 8.87. The van der Waals surface area contributed by atoms with E-state index in [9.17, 15) is 14.4 Å². The lowest BCUT2D eigenvalue weighted by Crippen LogP contribution is -2.35. The van der Waals surface area contributed by atoms with Gasteiger partial charge in [0, 0.05) is 54.8 Å². The van der Waals surface area contributed by atoms with Gasteiger partial charge in [-0.2, -0.15) is 0 Å². The average Bonchev–Trinajstić information content (AvgIpc) is 3.41. The summed E-state index contributed by atoms with van der Waals surface area (Å²) in [7, 11) is 0. The first kappa shape index (κ1) is 21.5. The van der Waals surface area contributed by atoms with E-state index in [0.29, 0.717) is 42.1 Å². The summed E-state index contributed by atoms with van der Waals surface area (Å²) in [4.78, 5) is 44.9. The van der Waals surface area contributed by atoms with E-state index in [0.717, 1.165) is 30.8 Å². The Balaban J connectivity index is 1.19. The Morgan fingerprint density at radius 1 is 1.06 bits per heavy atom. The van der Waals surface area contributed by atoms with Gasteiger partial charge in [-0.05, 0) is 55.3 Å². The van der Waals surface area contributed by atoms with Crippen molar-refractivity contribution in [2.24, 2.45) is 5.92 Å². The highest BCUT2D eigenvalue weighted by Crippen LogP contribution is 2.28. The molecule has 170 valence electrons. The van der Waals surface area contributed by atoms with Crippen LogP contribution in [0.2, 0.25) is 5.02 Å². The fourth-order valence-corrected chi connectivity index (χ4v) is 4.54. The van der Waals surface area contributed by atoms with Crippen molar-refractivity contribution in [2.45, 2.75) is 25.7 Å².